The minimum atomic E-state index is -0.227. The Hall–Kier alpha value is -2.22. The van der Waals surface area contributed by atoms with Crippen LogP contribution in [0.4, 0.5) is 0 Å². The average Bonchev–Trinajstić information content (AvgIpc) is 3.41. The van der Waals surface area contributed by atoms with Crippen molar-refractivity contribution in [2.75, 3.05) is 33.4 Å². The van der Waals surface area contributed by atoms with Gasteiger partial charge in [-0.15, -0.1) is 0 Å². The number of piperidine rings is 1. The van der Waals surface area contributed by atoms with Gasteiger partial charge in [0, 0.05) is 32.0 Å². The highest BCUT2D eigenvalue weighted by Gasteiger charge is 2.54. The second-order valence-corrected chi connectivity index (χ2v) is 9.40. The standard InChI is InChI=1S/C25H32N2O4S/c1-3-21(28)26-23-19-6-4-5-7-20(19)25(24(23)31-14-13-30-2)9-11-27(12-10-25)22(29)16-18-8-15-32-17-18/h4-8,15,17,23-24H,3,9-14,16H2,1-2H3,(H,26,28)/t23-,24+/m1/s1. The van der Waals surface area contributed by atoms with Crippen LogP contribution in [0.2, 0.25) is 0 Å². The predicted octanol–water partition coefficient (Wildman–Crippen LogP) is 3.46. The average molecular weight is 457 g/mol. The van der Waals surface area contributed by atoms with E-state index in [9.17, 15) is 9.59 Å². The van der Waals surface area contributed by atoms with E-state index in [0.29, 0.717) is 39.1 Å². The van der Waals surface area contributed by atoms with Crippen molar-refractivity contribution in [2.24, 2.45) is 0 Å². The molecule has 7 heteroatoms. The van der Waals surface area contributed by atoms with Gasteiger partial charge in [-0.25, -0.2) is 0 Å². The number of hydrogen-bond acceptors (Lipinski definition) is 5. The molecular formula is C25H32N2O4S. The number of carbonyl (C=O) groups is 2. The molecule has 1 aliphatic heterocycles. The molecule has 6 nitrogen and oxygen atoms in total. The third-order valence-corrected chi connectivity index (χ3v) is 7.58. The fourth-order valence-electron chi connectivity index (χ4n) is 5.19. The molecule has 1 fully saturated rings. The molecule has 1 aromatic carbocycles. The van der Waals surface area contributed by atoms with Crippen LogP contribution in [-0.4, -0.2) is 56.2 Å². The maximum Gasteiger partial charge on any atom is 0.227 e. The molecule has 2 aromatic rings. The zero-order chi connectivity index (χ0) is 22.6. The van der Waals surface area contributed by atoms with E-state index in [1.807, 2.05) is 34.7 Å². The predicted molar refractivity (Wildman–Crippen MR) is 125 cm³/mol. The van der Waals surface area contributed by atoms with Crippen molar-refractivity contribution in [3.8, 4) is 0 Å². The summed E-state index contributed by atoms with van der Waals surface area (Å²) in [5.41, 5.74) is 3.23. The number of amides is 2. The number of nitrogens with one attached hydrogen (secondary N) is 1. The molecule has 1 saturated heterocycles. The maximum absolute atomic E-state index is 12.9. The molecule has 0 saturated carbocycles. The molecule has 4 rings (SSSR count). The van der Waals surface area contributed by atoms with Crippen molar-refractivity contribution in [1.82, 2.24) is 10.2 Å². The second-order valence-electron chi connectivity index (χ2n) is 8.62. The van der Waals surface area contributed by atoms with Crippen LogP contribution in [0.3, 0.4) is 0 Å². The first-order valence-electron chi connectivity index (χ1n) is 11.4. The first-order valence-corrected chi connectivity index (χ1v) is 12.3. The smallest absolute Gasteiger partial charge is 0.227 e. The summed E-state index contributed by atoms with van der Waals surface area (Å²) in [6.07, 6.45) is 2.34. The Morgan fingerprint density at radius 1 is 1.19 bits per heavy atom. The van der Waals surface area contributed by atoms with Crippen LogP contribution in [0.5, 0.6) is 0 Å². The van der Waals surface area contributed by atoms with Crippen LogP contribution in [0.25, 0.3) is 0 Å². The summed E-state index contributed by atoms with van der Waals surface area (Å²) in [5.74, 6) is 0.197. The monoisotopic (exact) mass is 456 g/mol. The molecule has 1 spiro atoms. The number of hydrogen-bond donors (Lipinski definition) is 1. The van der Waals surface area contributed by atoms with Crippen LogP contribution >= 0.6 is 11.3 Å². The summed E-state index contributed by atoms with van der Waals surface area (Å²) in [6.45, 7) is 4.22. The lowest BCUT2D eigenvalue weighted by Crippen LogP contribution is -2.52. The van der Waals surface area contributed by atoms with Gasteiger partial charge in [0.15, 0.2) is 0 Å². The molecule has 1 N–H and O–H groups in total. The third kappa shape index (κ3) is 4.47. The fourth-order valence-corrected chi connectivity index (χ4v) is 5.86. The zero-order valence-electron chi connectivity index (χ0n) is 18.8. The van der Waals surface area contributed by atoms with E-state index in [4.69, 9.17) is 9.47 Å². The lowest BCUT2D eigenvalue weighted by atomic mass is 9.71. The van der Waals surface area contributed by atoms with Crippen molar-refractivity contribution in [1.29, 1.82) is 0 Å². The van der Waals surface area contributed by atoms with E-state index in [-0.39, 0.29) is 29.4 Å². The highest BCUT2D eigenvalue weighted by Crippen LogP contribution is 2.52. The lowest BCUT2D eigenvalue weighted by Gasteiger charge is -2.44. The molecule has 1 aromatic heterocycles. The van der Waals surface area contributed by atoms with Crippen molar-refractivity contribution in [3.05, 3.63) is 57.8 Å². The molecule has 0 radical (unpaired) electrons. The largest absolute Gasteiger partial charge is 0.382 e. The summed E-state index contributed by atoms with van der Waals surface area (Å²) < 4.78 is 11.6. The Morgan fingerprint density at radius 2 is 1.97 bits per heavy atom. The first kappa shape index (κ1) is 23.0. The number of rotatable bonds is 8. The Balaban J connectivity index is 1.57. The van der Waals surface area contributed by atoms with Crippen LogP contribution < -0.4 is 5.32 Å². The fraction of sp³-hybridized carbons (Fsp3) is 0.520. The number of methoxy groups -OCH3 is 1. The Morgan fingerprint density at radius 3 is 2.66 bits per heavy atom. The zero-order valence-corrected chi connectivity index (χ0v) is 19.7. The van der Waals surface area contributed by atoms with Gasteiger partial charge in [0.25, 0.3) is 0 Å². The summed E-state index contributed by atoms with van der Waals surface area (Å²) in [7, 11) is 1.66. The third-order valence-electron chi connectivity index (χ3n) is 6.85. The Bertz CT molecular complexity index is 922. The molecule has 172 valence electrons. The maximum atomic E-state index is 12.9. The van der Waals surface area contributed by atoms with Crippen molar-refractivity contribution in [2.45, 2.75) is 50.2 Å². The molecule has 2 aliphatic rings. The van der Waals surface area contributed by atoms with Crippen molar-refractivity contribution >= 4 is 23.2 Å². The van der Waals surface area contributed by atoms with Gasteiger partial charge in [-0.2, -0.15) is 11.3 Å². The normalized spacial score (nSPS) is 21.5. The van der Waals surface area contributed by atoms with Gasteiger partial charge < -0.3 is 19.7 Å². The van der Waals surface area contributed by atoms with Gasteiger partial charge in [0.2, 0.25) is 11.8 Å². The quantitative estimate of drug-likeness (QED) is 0.618. The molecule has 1 aliphatic carbocycles. The number of carbonyl (C=O) groups excluding carboxylic acids is 2. The van der Waals surface area contributed by atoms with E-state index in [1.54, 1.807) is 18.4 Å². The second kappa shape index (κ2) is 10.1. The molecule has 32 heavy (non-hydrogen) atoms. The van der Waals surface area contributed by atoms with Gasteiger partial charge in [-0.05, 0) is 46.4 Å². The van der Waals surface area contributed by atoms with E-state index in [0.717, 1.165) is 24.0 Å². The van der Waals surface area contributed by atoms with E-state index in [1.165, 1.54) is 5.56 Å². The molecule has 0 bridgehead atoms. The first-order chi connectivity index (χ1) is 15.6. The van der Waals surface area contributed by atoms with Crippen LogP contribution in [0.1, 0.15) is 48.9 Å². The van der Waals surface area contributed by atoms with Gasteiger partial charge >= 0.3 is 0 Å². The summed E-state index contributed by atoms with van der Waals surface area (Å²) in [5, 5.41) is 7.26. The number of ether oxygens (including phenoxy) is 2. The highest BCUT2D eigenvalue weighted by atomic mass is 32.1. The van der Waals surface area contributed by atoms with E-state index >= 15 is 0 Å². The van der Waals surface area contributed by atoms with Crippen LogP contribution in [0.15, 0.2) is 41.1 Å². The van der Waals surface area contributed by atoms with E-state index in [2.05, 4.69) is 23.5 Å². The van der Waals surface area contributed by atoms with E-state index < -0.39 is 0 Å². The number of thiophene rings is 1. The SMILES string of the molecule is CCC(=O)N[C@@H]1c2ccccc2C2(CCN(C(=O)Cc3ccsc3)CC2)[C@H]1OCCOC. The molecule has 2 atom stereocenters. The highest BCUT2D eigenvalue weighted by molar-refractivity contribution is 7.08. The summed E-state index contributed by atoms with van der Waals surface area (Å²) >= 11 is 1.62. The Kier molecular flexibility index (Phi) is 7.28. The number of likely N-dealkylation sites (tertiary alicyclic amines) is 1. The van der Waals surface area contributed by atoms with Gasteiger partial charge in [-0.3, -0.25) is 9.59 Å². The van der Waals surface area contributed by atoms with Gasteiger partial charge in [0.1, 0.15) is 0 Å². The van der Waals surface area contributed by atoms with Gasteiger partial charge in [0.05, 0.1) is 31.8 Å². The van der Waals surface area contributed by atoms with Crippen LogP contribution in [0, 0.1) is 0 Å². The molecule has 2 amide bonds. The Labute approximate surface area is 193 Å². The van der Waals surface area contributed by atoms with Crippen LogP contribution in [-0.2, 0) is 30.9 Å². The lowest BCUT2D eigenvalue weighted by molar-refractivity contribution is -0.133. The summed E-state index contributed by atoms with van der Waals surface area (Å²) in [4.78, 5) is 27.2. The minimum absolute atomic E-state index is 0.0190. The summed E-state index contributed by atoms with van der Waals surface area (Å²) in [6, 6.07) is 10.2. The van der Waals surface area contributed by atoms with Crippen molar-refractivity contribution < 1.29 is 19.1 Å². The number of benzene rings is 1. The molecule has 2 heterocycles. The topological polar surface area (TPSA) is 67.9 Å². The molecule has 0 unspecified atom stereocenters. The van der Waals surface area contributed by atoms with Crippen molar-refractivity contribution in [3.63, 3.8) is 0 Å². The molecular weight excluding hydrogens is 424 g/mol. The van der Waals surface area contributed by atoms with Gasteiger partial charge in [-0.1, -0.05) is 31.2 Å². The number of nitrogens with zero attached hydrogens (tertiary/aromatic N) is 1. The minimum Gasteiger partial charge on any atom is -0.382 e. The number of fused-ring (bicyclic) bond motifs is 2.